The van der Waals surface area contributed by atoms with Crippen LogP contribution in [0.15, 0.2) is 29.1 Å². The fraction of sp³-hybridized carbons (Fsp3) is 0.644. The highest BCUT2D eigenvalue weighted by molar-refractivity contribution is 5.96. The van der Waals surface area contributed by atoms with E-state index in [1.807, 2.05) is 0 Å². The third-order valence-corrected chi connectivity index (χ3v) is 11.7. The van der Waals surface area contributed by atoms with Gasteiger partial charge in [0.15, 0.2) is 11.5 Å². The number of carbonyl (C=O) groups is 6. The highest BCUT2D eigenvalue weighted by atomic mass is 16.6. The van der Waals surface area contributed by atoms with Crippen molar-refractivity contribution in [1.29, 1.82) is 0 Å². The summed E-state index contributed by atoms with van der Waals surface area (Å²) >= 11 is 0. The monoisotopic (exact) mass is 1020 g/mol. The molecule has 0 atom stereocenters. The first kappa shape index (κ1) is 61.8. The Balaban J connectivity index is 2.65. The molecule has 0 spiro atoms. The fourth-order valence-corrected chi connectivity index (χ4v) is 6.82. The average molecular weight is 1020 g/mol. The second kappa shape index (κ2) is 24.7. The van der Waals surface area contributed by atoms with Crippen molar-refractivity contribution in [3.63, 3.8) is 0 Å². The largest absolute Gasteiger partial charge is 0.426 e. The number of hydrogen-bond donors (Lipinski definition) is 0. The highest BCUT2D eigenvalue weighted by Crippen LogP contribution is 2.47. The van der Waals surface area contributed by atoms with Gasteiger partial charge in [-0.25, -0.2) is 0 Å². The second-order valence-electron chi connectivity index (χ2n) is 25.5. The normalized spacial score (nSPS) is 12.6. The van der Waals surface area contributed by atoms with E-state index >= 15 is 4.79 Å². The van der Waals surface area contributed by atoms with Gasteiger partial charge in [0.25, 0.3) is 0 Å². The molecule has 73 heavy (non-hydrogen) atoms. The maximum Gasteiger partial charge on any atom is 0.316 e. The Kier molecular flexibility index (Phi) is 20.9. The zero-order chi connectivity index (χ0) is 55.7. The second-order valence-corrected chi connectivity index (χ2v) is 25.5. The minimum absolute atomic E-state index is 0.0274. The number of aryl methyl sites for hydroxylation is 1. The summed E-state index contributed by atoms with van der Waals surface area (Å²) in [5.74, 6) is -6.15. The van der Waals surface area contributed by atoms with E-state index in [0.29, 0.717) is 6.42 Å². The standard InChI is InChI=1S/C59H87NO13/c1-20-21-22-23-24-25-26-27-28-29-30-31-32-60-39-35-38(68-48(62)54(2,3)4)36-40(69-49(63)55(5,6)7)43(39)45(61)47(73-53(67)59(17,18)19)44(60)37-33-41(70-50(64)56(8,9)10)46(72-52(66)58(14,15)16)42(34-37)71-51(65)57(11,12)13/h33-36H,20-32H2,1-19H3. The molecule has 0 aliphatic rings. The number of esters is 6. The summed E-state index contributed by atoms with van der Waals surface area (Å²) in [7, 11) is 0. The predicted octanol–water partition coefficient (Wildman–Crippen LogP) is 14.1. The minimum Gasteiger partial charge on any atom is -0.426 e. The van der Waals surface area contributed by atoms with Crippen LogP contribution in [-0.2, 0) is 35.3 Å². The Morgan fingerprint density at radius 3 is 1.11 bits per heavy atom. The lowest BCUT2D eigenvalue weighted by Gasteiger charge is -2.26. The summed E-state index contributed by atoms with van der Waals surface area (Å²) in [6, 6.07) is 5.52. The van der Waals surface area contributed by atoms with E-state index < -0.39 is 79.5 Å². The molecule has 0 fully saturated rings. The molecule has 14 heteroatoms. The maximum atomic E-state index is 15.5. The van der Waals surface area contributed by atoms with Gasteiger partial charge in [-0.05, 0) is 143 Å². The van der Waals surface area contributed by atoms with Gasteiger partial charge in [-0.2, -0.15) is 0 Å². The number of benzene rings is 2. The predicted molar refractivity (Wildman–Crippen MR) is 285 cm³/mol. The van der Waals surface area contributed by atoms with E-state index in [1.54, 1.807) is 129 Å². The van der Waals surface area contributed by atoms with Gasteiger partial charge in [-0.15, -0.1) is 0 Å². The minimum atomic E-state index is -1.16. The van der Waals surface area contributed by atoms with Crippen molar-refractivity contribution < 1.29 is 57.2 Å². The Morgan fingerprint density at radius 1 is 0.397 bits per heavy atom. The third-order valence-electron chi connectivity index (χ3n) is 11.7. The van der Waals surface area contributed by atoms with E-state index in [1.165, 1.54) is 62.8 Å². The lowest BCUT2D eigenvalue weighted by molar-refractivity contribution is -0.146. The van der Waals surface area contributed by atoms with Gasteiger partial charge in [-0.3, -0.25) is 33.6 Å². The highest BCUT2D eigenvalue weighted by Gasteiger charge is 2.37. The Labute approximate surface area is 434 Å². The SMILES string of the molecule is CCCCCCCCCCCCCCn1c(-c2cc(OC(=O)C(C)(C)C)c(OC(=O)C(C)(C)C)c(OC(=O)C(C)(C)C)c2)c(OC(=O)C(C)(C)C)c(=O)c2c(OC(=O)C(C)(C)C)cc(OC(=O)C(C)(C)C)cc21. The fourth-order valence-electron chi connectivity index (χ4n) is 6.82. The van der Waals surface area contributed by atoms with Gasteiger partial charge in [0.05, 0.1) is 49.1 Å². The summed E-state index contributed by atoms with van der Waals surface area (Å²) < 4.78 is 38.1. The molecule has 0 saturated carbocycles. The molecular formula is C59H87NO13. The zero-order valence-electron chi connectivity index (χ0n) is 47.8. The number of carbonyl (C=O) groups excluding carboxylic acids is 6. The van der Waals surface area contributed by atoms with Crippen LogP contribution >= 0.6 is 0 Å². The Morgan fingerprint density at radius 2 is 0.726 bits per heavy atom. The van der Waals surface area contributed by atoms with Crippen molar-refractivity contribution >= 4 is 46.7 Å². The number of unbranched alkanes of at least 4 members (excludes halogenated alkanes) is 11. The molecular weight excluding hydrogens is 931 g/mol. The van der Waals surface area contributed by atoms with Crippen LogP contribution in [0.1, 0.15) is 209 Å². The summed E-state index contributed by atoms with van der Waals surface area (Å²) in [6.45, 7) is 31.9. The summed E-state index contributed by atoms with van der Waals surface area (Å²) in [4.78, 5) is 98.5. The van der Waals surface area contributed by atoms with Crippen molar-refractivity contribution in [3.8, 4) is 45.8 Å². The first-order chi connectivity index (χ1) is 33.4. The van der Waals surface area contributed by atoms with E-state index in [4.69, 9.17) is 28.4 Å². The van der Waals surface area contributed by atoms with Gasteiger partial charge in [0.2, 0.25) is 16.9 Å². The van der Waals surface area contributed by atoms with Crippen LogP contribution in [0.3, 0.4) is 0 Å². The van der Waals surface area contributed by atoms with Gasteiger partial charge in [-0.1, -0.05) is 77.6 Å². The molecule has 1 aromatic heterocycles. The Hall–Kier alpha value is -5.53. The van der Waals surface area contributed by atoms with Crippen LogP contribution in [0.2, 0.25) is 0 Å². The van der Waals surface area contributed by atoms with Crippen molar-refractivity contribution in [1.82, 2.24) is 4.57 Å². The first-order valence-corrected chi connectivity index (χ1v) is 26.2. The number of pyridine rings is 1. The van der Waals surface area contributed by atoms with Crippen LogP contribution in [0, 0.1) is 32.5 Å². The summed E-state index contributed by atoms with van der Waals surface area (Å²) in [6.07, 6.45) is 12.8. The topological polar surface area (TPSA) is 180 Å². The molecule has 3 rings (SSSR count). The molecule has 0 saturated heterocycles. The zero-order valence-corrected chi connectivity index (χ0v) is 47.8. The summed E-state index contributed by atoms with van der Waals surface area (Å²) in [5, 5.41) is -0.151. The van der Waals surface area contributed by atoms with E-state index in [2.05, 4.69) is 6.92 Å². The molecule has 0 radical (unpaired) electrons. The molecule has 2 aromatic carbocycles. The van der Waals surface area contributed by atoms with Crippen LogP contribution in [0.4, 0.5) is 0 Å². The molecule has 0 N–H and O–H groups in total. The summed E-state index contributed by atoms with van der Waals surface area (Å²) in [5.41, 5.74) is -7.18. The number of nitrogens with zero attached hydrogens (tertiary/aromatic N) is 1. The van der Waals surface area contributed by atoms with Gasteiger partial charge in [0.1, 0.15) is 11.5 Å². The van der Waals surface area contributed by atoms with Crippen molar-refractivity contribution in [3.05, 3.63) is 34.5 Å². The molecule has 0 aliphatic heterocycles. The number of fused-ring (bicyclic) bond motifs is 1. The molecule has 1 heterocycles. The number of aromatic nitrogens is 1. The molecule has 14 nitrogen and oxygen atoms in total. The van der Waals surface area contributed by atoms with Gasteiger partial charge < -0.3 is 33.0 Å². The van der Waals surface area contributed by atoms with Crippen LogP contribution < -0.4 is 33.8 Å². The van der Waals surface area contributed by atoms with Crippen LogP contribution in [-0.4, -0.2) is 40.4 Å². The van der Waals surface area contributed by atoms with Crippen LogP contribution in [0.25, 0.3) is 22.2 Å². The molecule has 0 unspecified atom stereocenters. The average Bonchev–Trinajstić information content (AvgIpc) is 3.24. The van der Waals surface area contributed by atoms with Crippen LogP contribution in [0.5, 0.6) is 34.5 Å². The van der Waals surface area contributed by atoms with Crippen molar-refractivity contribution in [2.75, 3.05) is 0 Å². The van der Waals surface area contributed by atoms with E-state index in [-0.39, 0.29) is 57.5 Å². The molecule has 0 bridgehead atoms. The molecule has 0 amide bonds. The van der Waals surface area contributed by atoms with Gasteiger partial charge >= 0.3 is 35.8 Å². The quantitative estimate of drug-likeness (QED) is 0.0593. The Bertz CT molecular complexity index is 2490. The molecule has 3 aromatic rings. The lowest BCUT2D eigenvalue weighted by atomic mass is 9.96. The van der Waals surface area contributed by atoms with E-state index in [0.717, 1.165) is 32.1 Å². The maximum absolute atomic E-state index is 15.5. The number of rotatable bonds is 20. The molecule has 406 valence electrons. The van der Waals surface area contributed by atoms with E-state index in [9.17, 15) is 28.8 Å². The lowest BCUT2D eigenvalue weighted by Crippen LogP contribution is -2.30. The smallest absolute Gasteiger partial charge is 0.316 e. The van der Waals surface area contributed by atoms with Crippen molar-refractivity contribution in [2.24, 2.45) is 32.5 Å². The molecule has 0 aliphatic carbocycles. The first-order valence-electron chi connectivity index (χ1n) is 26.2. The third kappa shape index (κ3) is 17.8. The van der Waals surface area contributed by atoms with Gasteiger partial charge in [0, 0.05) is 24.2 Å². The number of hydrogen-bond acceptors (Lipinski definition) is 13. The number of ether oxygens (including phenoxy) is 6. The van der Waals surface area contributed by atoms with Crippen molar-refractivity contribution in [2.45, 2.75) is 215 Å².